The number of rotatable bonds is 2. The van der Waals surface area contributed by atoms with Gasteiger partial charge in [0.1, 0.15) is 5.82 Å². The number of aromatic amines is 1. The SMILES string of the molecule is NCc1ncc(-c2ccc(Cl)c(Cl)c2)[nH]1. The predicted octanol–water partition coefficient (Wildman–Crippen LogP) is 2.84. The van der Waals surface area contributed by atoms with Gasteiger partial charge in [-0.05, 0) is 12.1 Å². The van der Waals surface area contributed by atoms with Crippen LogP contribution in [0.2, 0.25) is 10.0 Å². The first kappa shape index (κ1) is 10.5. The predicted molar refractivity (Wildman–Crippen MR) is 61.9 cm³/mol. The molecule has 0 saturated heterocycles. The maximum Gasteiger partial charge on any atom is 0.120 e. The van der Waals surface area contributed by atoms with Crippen LogP contribution in [-0.2, 0) is 6.54 Å². The summed E-state index contributed by atoms with van der Waals surface area (Å²) in [6, 6.07) is 5.42. The summed E-state index contributed by atoms with van der Waals surface area (Å²) < 4.78 is 0. The fraction of sp³-hybridized carbons (Fsp3) is 0.100. The Hall–Kier alpha value is -1.03. The molecule has 0 saturated carbocycles. The number of hydrogen-bond acceptors (Lipinski definition) is 2. The Balaban J connectivity index is 2.40. The highest BCUT2D eigenvalue weighted by atomic mass is 35.5. The van der Waals surface area contributed by atoms with Crippen LogP contribution in [0.5, 0.6) is 0 Å². The molecule has 2 rings (SSSR count). The molecule has 0 aliphatic heterocycles. The third-order valence-electron chi connectivity index (χ3n) is 2.05. The molecule has 0 amide bonds. The van der Waals surface area contributed by atoms with E-state index < -0.39 is 0 Å². The lowest BCUT2D eigenvalue weighted by Gasteiger charge is -1.99. The highest BCUT2D eigenvalue weighted by Crippen LogP contribution is 2.27. The molecular weight excluding hydrogens is 233 g/mol. The van der Waals surface area contributed by atoms with Gasteiger partial charge in [0.05, 0.1) is 28.5 Å². The van der Waals surface area contributed by atoms with Gasteiger partial charge >= 0.3 is 0 Å². The van der Waals surface area contributed by atoms with E-state index in [0.29, 0.717) is 16.6 Å². The molecule has 5 heteroatoms. The van der Waals surface area contributed by atoms with Gasteiger partial charge < -0.3 is 10.7 Å². The van der Waals surface area contributed by atoms with Crippen LogP contribution in [0, 0.1) is 0 Å². The van der Waals surface area contributed by atoms with Crippen LogP contribution in [0.15, 0.2) is 24.4 Å². The lowest BCUT2D eigenvalue weighted by molar-refractivity contribution is 0.950. The van der Waals surface area contributed by atoms with Crippen LogP contribution < -0.4 is 5.73 Å². The van der Waals surface area contributed by atoms with Crippen molar-refractivity contribution >= 4 is 23.2 Å². The van der Waals surface area contributed by atoms with Crippen LogP contribution in [0.4, 0.5) is 0 Å². The third-order valence-corrected chi connectivity index (χ3v) is 2.79. The van der Waals surface area contributed by atoms with E-state index in [1.807, 2.05) is 6.07 Å². The molecule has 0 aliphatic rings. The molecule has 3 N–H and O–H groups in total. The van der Waals surface area contributed by atoms with Gasteiger partial charge in [-0.1, -0.05) is 29.3 Å². The van der Waals surface area contributed by atoms with Gasteiger partial charge in [-0.3, -0.25) is 0 Å². The second-order valence-electron chi connectivity index (χ2n) is 3.08. The first-order valence-corrected chi connectivity index (χ1v) is 5.15. The van der Waals surface area contributed by atoms with Crippen LogP contribution in [0.3, 0.4) is 0 Å². The van der Waals surface area contributed by atoms with Gasteiger partial charge in [0, 0.05) is 5.56 Å². The van der Waals surface area contributed by atoms with Gasteiger partial charge in [0.25, 0.3) is 0 Å². The standard InChI is InChI=1S/C10H9Cl2N3/c11-7-2-1-6(3-8(7)12)9-5-14-10(4-13)15-9/h1-3,5H,4,13H2,(H,14,15). The van der Waals surface area contributed by atoms with Crippen molar-refractivity contribution in [2.45, 2.75) is 6.54 Å². The molecule has 1 aromatic heterocycles. The number of imidazole rings is 1. The highest BCUT2D eigenvalue weighted by molar-refractivity contribution is 6.42. The van der Waals surface area contributed by atoms with Gasteiger partial charge in [0.15, 0.2) is 0 Å². The van der Waals surface area contributed by atoms with Gasteiger partial charge in [-0.25, -0.2) is 4.98 Å². The van der Waals surface area contributed by atoms with E-state index in [2.05, 4.69) is 9.97 Å². The van der Waals surface area contributed by atoms with Crippen molar-refractivity contribution in [2.24, 2.45) is 5.73 Å². The summed E-state index contributed by atoms with van der Waals surface area (Å²) in [5, 5.41) is 1.07. The van der Waals surface area contributed by atoms with Crippen LogP contribution in [-0.4, -0.2) is 9.97 Å². The summed E-state index contributed by atoms with van der Waals surface area (Å²) in [5.41, 5.74) is 7.28. The van der Waals surface area contributed by atoms with Crippen molar-refractivity contribution < 1.29 is 0 Å². The topological polar surface area (TPSA) is 54.7 Å². The van der Waals surface area contributed by atoms with Crippen molar-refractivity contribution in [2.75, 3.05) is 0 Å². The van der Waals surface area contributed by atoms with Crippen molar-refractivity contribution in [1.29, 1.82) is 0 Å². The summed E-state index contributed by atoms with van der Waals surface area (Å²) >= 11 is 11.7. The average molecular weight is 242 g/mol. The molecule has 0 unspecified atom stereocenters. The molecular formula is C10H9Cl2N3. The fourth-order valence-corrected chi connectivity index (χ4v) is 1.57. The van der Waals surface area contributed by atoms with Crippen molar-refractivity contribution in [1.82, 2.24) is 9.97 Å². The molecule has 2 aromatic rings. The van der Waals surface area contributed by atoms with E-state index in [4.69, 9.17) is 28.9 Å². The van der Waals surface area contributed by atoms with Crippen LogP contribution in [0.1, 0.15) is 5.82 Å². The minimum absolute atomic E-state index is 0.390. The van der Waals surface area contributed by atoms with Crippen LogP contribution >= 0.6 is 23.2 Å². The number of H-pyrrole nitrogens is 1. The monoisotopic (exact) mass is 241 g/mol. The van der Waals surface area contributed by atoms with Gasteiger partial charge in [-0.15, -0.1) is 0 Å². The van der Waals surface area contributed by atoms with E-state index in [1.54, 1.807) is 18.3 Å². The first-order valence-electron chi connectivity index (χ1n) is 4.40. The Morgan fingerprint density at radius 1 is 1.27 bits per heavy atom. The Labute approximate surface area is 97.2 Å². The lowest BCUT2D eigenvalue weighted by Crippen LogP contribution is -1.97. The van der Waals surface area contributed by atoms with E-state index in [-0.39, 0.29) is 0 Å². The Bertz CT molecular complexity index is 479. The molecule has 15 heavy (non-hydrogen) atoms. The highest BCUT2D eigenvalue weighted by Gasteiger charge is 2.04. The third kappa shape index (κ3) is 2.15. The number of aromatic nitrogens is 2. The molecule has 0 aliphatic carbocycles. The fourth-order valence-electron chi connectivity index (χ4n) is 1.28. The van der Waals surface area contributed by atoms with Crippen LogP contribution in [0.25, 0.3) is 11.3 Å². The summed E-state index contributed by atoms with van der Waals surface area (Å²) in [6.45, 7) is 0.390. The zero-order chi connectivity index (χ0) is 10.8. The molecule has 0 atom stereocenters. The number of halogens is 2. The Morgan fingerprint density at radius 3 is 2.67 bits per heavy atom. The van der Waals surface area contributed by atoms with Crippen molar-refractivity contribution in [3.05, 3.63) is 40.3 Å². The molecule has 0 radical (unpaired) electrons. The minimum Gasteiger partial charge on any atom is -0.341 e. The zero-order valence-electron chi connectivity index (χ0n) is 7.80. The van der Waals surface area contributed by atoms with Gasteiger partial charge in [0.2, 0.25) is 0 Å². The van der Waals surface area contributed by atoms with E-state index >= 15 is 0 Å². The van der Waals surface area contributed by atoms with E-state index in [9.17, 15) is 0 Å². The average Bonchev–Trinajstić information content (AvgIpc) is 2.70. The van der Waals surface area contributed by atoms with Crippen molar-refractivity contribution in [3.63, 3.8) is 0 Å². The lowest BCUT2D eigenvalue weighted by atomic mass is 10.2. The number of nitrogens with one attached hydrogen (secondary N) is 1. The summed E-state index contributed by atoms with van der Waals surface area (Å²) in [6.07, 6.45) is 1.72. The van der Waals surface area contributed by atoms with Gasteiger partial charge in [-0.2, -0.15) is 0 Å². The second kappa shape index (κ2) is 4.23. The summed E-state index contributed by atoms with van der Waals surface area (Å²) in [4.78, 5) is 7.19. The summed E-state index contributed by atoms with van der Waals surface area (Å²) in [7, 11) is 0. The molecule has 1 aromatic carbocycles. The minimum atomic E-state index is 0.390. The second-order valence-corrected chi connectivity index (χ2v) is 3.89. The molecule has 0 spiro atoms. The zero-order valence-corrected chi connectivity index (χ0v) is 9.31. The number of nitrogens with two attached hydrogens (primary N) is 1. The normalized spacial score (nSPS) is 10.6. The quantitative estimate of drug-likeness (QED) is 0.850. The largest absolute Gasteiger partial charge is 0.341 e. The maximum absolute atomic E-state index is 5.91. The first-order chi connectivity index (χ1) is 7.20. The summed E-state index contributed by atoms with van der Waals surface area (Å²) in [5.74, 6) is 0.746. The molecule has 3 nitrogen and oxygen atoms in total. The molecule has 0 bridgehead atoms. The molecule has 78 valence electrons. The number of benzene rings is 1. The Kier molecular flexibility index (Phi) is 2.95. The number of nitrogens with zero attached hydrogens (tertiary/aromatic N) is 1. The number of hydrogen-bond donors (Lipinski definition) is 2. The smallest absolute Gasteiger partial charge is 0.120 e. The van der Waals surface area contributed by atoms with Crippen molar-refractivity contribution in [3.8, 4) is 11.3 Å². The molecule has 0 fully saturated rings. The van der Waals surface area contributed by atoms with E-state index in [1.165, 1.54) is 0 Å². The van der Waals surface area contributed by atoms with E-state index in [0.717, 1.165) is 17.1 Å². The maximum atomic E-state index is 5.91. The Morgan fingerprint density at radius 2 is 2.07 bits per heavy atom. The molecule has 1 heterocycles.